The summed E-state index contributed by atoms with van der Waals surface area (Å²) in [6.45, 7) is 3.41. The average Bonchev–Trinajstić information content (AvgIpc) is 3.30. The van der Waals surface area contributed by atoms with Crippen molar-refractivity contribution in [3.8, 4) is 0 Å². The molecule has 184 valence electrons. The van der Waals surface area contributed by atoms with Crippen LogP contribution >= 0.6 is 11.8 Å². The normalized spacial score (nSPS) is 24.6. The summed E-state index contributed by atoms with van der Waals surface area (Å²) in [4.78, 5) is 39.7. The highest BCUT2D eigenvalue weighted by Crippen LogP contribution is 2.42. The smallest absolute Gasteiger partial charge is 0.290 e. The molecule has 0 radical (unpaired) electrons. The number of hydrogen-bond acceptors (Lipinski definition) is 8. The van der Waals surface area contributed by atoms with E-state index >= 15 is 0 Å². The molecule has 36 heavy (non-hydrogen) atoms. The van der Waals surface area contributed by atoms with E-state index < -0.39 is 0 Å². The minimum atomic E-state index is -0.385. The zero-order chi connectivity index (χ0) is 24.6. The third-order valence-corrected chi connectivity index (χ3v) is 8.10. The van der Waals surface area contributed by atoms with Crippen LogP contribution in [0.15, 0.2) is 47.5 Å². The van der Waals surface area contributed by atoms with Gasteiger partial charge in [0.15, 0.2) is 0 Å². The molecular formula is C26H25FN6O2S. The number of pyridine rings is 1. The summed E-state index contributed by atoms with van der Waals surface area (Å²) in [6.07, 6.45) is 5.72. The fourth-order valence-electron chi connectivity index (χ4n) is 5.59. The largest absolute Gasteiger partial charge is 0.340 e. The molecule has 2 aliphatic heterocycles. The van der Waals surface area contributed by atoms with E-state index in [-0.39, 0.29) is 17.0 Å². The summed E-state index contributed by atoms with van der Waals surface area (Å²) in [5.74, 6) is 1.74. The number of carbonyl (C=O) groups excluding carboxylic acids is 2. The predicted octanol–water partition coefficient (Wildman–Crippen LogP) is 3.74. The maximum Gasteiger partial charge on any atom is 0.290 e. The van der Waals surface area contributed by atoms with Gasteiger partial charge in [-0.2, -0.15) is 0 Å². The number of nitrogens with zero attached hydrogens (tertiary/aromatic N) is 4. The average molecular weight is 505 g/mol. The van der Waals surface area contributed by atoms with Crippen LogP contribution in [0.2, 0.25) is 0 Å². The van der Waals surface area contributed by atoms with E-state index in [1.165, 1.54) is 25.0 Å². The van der Waals surface area contributed by atoms with Crippen LogP contribution in [0.4, 0.5) is 15.1 Å². The van der Waals surface area contributed by atoms with E-state index in [9.17, 15) is 14.0 Å². The molecule has 3 fully saturated rings. The first-order valence-electron chi connectivity index (χ1n) is 12.1. The molecule has 3 aliphatic rings. The molecular weight excluding hydrogens is 479 g/mol. The van der Waals surface area contributed by atoms with Crippen molar-refractivity contribution in [3.05, 3.63) is 64.7 Å². The van der Waals surface area contributed by atoms with E-state index in [1.54, 1.807) is 24.4 Å². The topological polar surface area (TPSA) is 100 Å². The molecule has 2 bridgehead atoms. The Morgan fingerprint density at radius 2 is 1.94 bits per heavy atom. The number of nitrogens with one attached hydrogen (secondary N) is 2. The number of rotatable bonds is 6. The second-order valence-corrected chi connectivity index (χ2v) is 10.6. The van der Waals surface area contributed by atoms with Crippen LogP contribution in [0, 0.1) is 23.6 Å². The van der Waals surface area contributed by atoms with Gasteiger partial charge in [0.05, 0.1) is 21.8 Å². The highest BCUT2D eigenvalue weighted by molar-refractivity contribution is 8.18. The molecule has 3 atom stereocenters. The number of thioether (sulfide) groups is 1. The molecule has 1 aliphatic carbocycles. The van der Waals surface area contributed by atoms with E-state index in [4.69, 9.17) is 0 Å². The van der Waals surface area contributed by atoms with Crippen molar-refractivity contribution >= 4 is 45.8 Å². The van der Waals surface area contributed by atoms with Crippen LogP contribution in [-0.2, 0) is 11.3 Å². The summed E-state index contributed by atoms with van der Waals surface area (Å²) in [6, 6.07) is 10.3. The first kappa shape index (κ1) is 23.1. The number of benzene rings is 1. The summed E-state index contributed by atoms with van der Waals surface area (Å²) >= 11 is 0.889. The lowest BCUT2D eigenvalue weighted by molar-refractivity contribution is -0.115. The quantitative estimate of drug-likeness (QED) is 0.490. The van der Waals surface area contributed by atoms with Crippen molar-refractivity contribution in [2.45, 2.75) is 19.4 Å². The third-order valence-electron chi connectivity index (χ3n) is 7.29. The van der Waals surface area contributed by atoms with E-state index in [0.717, 1.165) is 48.0 Å². The number of hydrogen-bond donors (Lipinski definition) is 2. The molecule has 2 aromatic heterocycles. The number of halogens is 1. The number of anilines is 1. The predicted molar refractivity (Wildman–Crippen MR) is 136 cm³/mol. The van der Waals surface area contributed by atoms with Gasteiger partial charge >= 0.3 is 0 Å². The zero-order valence-corrected chi connectivity index (χ0v) is 20.3. The number of piperidine rings is 1. The molecule has 1 aromatic carbocycles. The van der Waals surface area contributed by atoms with Crippen LogP contribution in [0.25, 0.3) is 17.0 Å². The first-order valence-corrected chi connectivity index (χ1v) is 12.9. The number of aromatic nitrogens is 3. The molecule has 8 nitrogen and oxygen atoms in total. The van der Waals surface area contributed by atoms with Crippen LogP contribution in [0.1, 0.15) is 24.2 Å². The number of fused-ring (bicyclic) bond motifs is 3. The third kappa shape index (κ3) is 4.70. The van der Waals surface area contributed by atoms with Gasteiger partial charge in [0.25, 0.3) is 11.1 Å². The minimum Gasteiger partial charge on any atom is -0.340 e. The van der Waals surface area contributed by atoms with Crippen LogP contribution < -0.4 is 15.5 Å². The van der Waals surface area contributed by atoms with Crippen LogP contribution in [-0.4, -0.2) is 45.7 Å². The minimum absolute atomic E-state index is 0.247. The van der Waals surface area contributed by atoms with Gasteiger partial charge < -0.3 is 10.2 Å². The Labute approximate surface area is 211 Å². The molecule has 4 heterocycles. The van der Waals surface area contributed by atoms with Crippen LogP contribution in [0.5, 0.6) is 0 Å². The summed E-state index contributed by atoms with van der Waals surface area (Å²) in [5.41, 5.74) is 2.38. The maximum atomic E-state index is 13.4. The van der Waals surface area contributed by atoms with Crippen LogP contribution in [0.3, 0.4) is 0 Å². The molecule has 2 N–H and O–H groups in total. The fourth-order valence-corrected chi connectivity index (χ4v) is 6.25. The Kier molecular flexibility index (Phi) is 6.14. The van der Waals surface area contributed by atoms with Crippen molar-refractivity contribution in [2.24, 2.45) is 17.8 Å². The van der Waals surface area contributed by atoms with Crippen molar-refractivity contribution in [1.29, 1.82) is 0 Å². The molecule has 3 aromatic rings. The van der Waals surface area contributed by atoms with Crippen molar-refractivity contribution in [1.82, 2.24) is 25.6 Å². The van der Waals surface area contributed by atoms with Gasteiger partial charge in [0.2, 0.25) is 5.95 Å². The molecule has 10 heteroatoms. The Balaban J connectivity index is 1.08. The molecule has 2 saturated heterocycles. The highest BCUT2D eigenvalue weighted by Gasteiger charge is 2.42. The molecule has 6 rings (SSSR count). The molecule has 2 amide bonds. The van der Waals surface area contributed by atoms with E-state index in [0.29, 0.717) is 40.8 Å². The van der Waals surface area contributed by atoms with Gasteiger partial charge in [0.1, 0.15) is 5.82 Å². The lowest BCUT2D eigenvalue weighted by Gasteiger charge is -2.38. The highest BCUT2D eigenvalue weighted by atomic mass is 32.2. The number of imide groups is 1. The van der Waals surface area contributed by atoms with E-state index in [2.05, 4.69) is 30.5 Å². The standard InChI is InChI=1S/C26H25FN6O2S/c27-18-4-6-22-15(9-18)3-5-20(30-22)11-28-12-21-16-1-2-17(21)14-33(13-16)25-29-8-7-19(31-25)10-23-24(34)32-26(35)36-23/h3-10,16-17,21,28H,1-2,11-14H2,(H,32,34,35)/b23-10-/t16-,17+,21?. The Hall–Kier alpha value is -3.37. The monoisotopic (exact) mass is 504 g/mol. The summed E-state index contributed by atoms with van der Waals surface area (Å²) < 4.78 is 13.4. The summed E-state index contributed by atoms with van der Waals surface area (Å²) in [5, 5.41) is 6.31. The maximum absolute atomic E-state index is 13.4. The van der Waals surface area contributed by atoms with Crippen molar-refractivity contribution in [3.63, 3.8) is 0 Å². The molecule has 1 unspecified atom stereocenters. The van der Waals surface area contributed by atoms with Gasteiger partial charge in [-0.05, 0) is 85.3 Å². The Morgan fingerprint density at radius 1 is 1.11 bits per heavy atom. The van der Waals surface area contributed by atoms with Gasteiger partial charge in [-0.1, -0.05) is 6.07 Å². The van der Waals surface area contributed by atoms with Crippen molar-refractivity contribution < 1.29 is 14.0 Å². The fraction of sp³-hybridized carbons (Fsp3) is 0.346. The molecule has 0 spiro atoms. The Morgan fingerprint density at radius 3 is 2.72 bits per heavy atom. The van der Waals surface area contributed by atoms with Gasteiger partial charge in [-0.25, -0.2) is 14.4 Å². The number of amides is 2. The van der Waals surface area contributed by atoms with Crippen molar-refractivity contribution in [2.75, 3.05) is 24.5 Å². The lowest BCUT2D eigenvalue weighted by Crippen LogP contribution is -2.45. The SMILES string of the molecule is O=C1NC(=O)/C(=C/c2ccnc(N3C[C@H]4CC[C@@H](C3)C4CNCc3ccc4cc(F)ccc4n3)n2)S1. The van der Waals surface area contributed by atoms with Gasteiger partial charge in [0, 0.05) is 31.2 Å². The second-order valence-electron chi connectivity index (χ2n) is 9.57. The Bertz CT molecular complexity index is 1370. The second kappa shape index (κ2) is 9.59. The lowest BCUT2D eigenvalue weighted by atomic mass is 9.85. The number of carbonyl (C=O) groups is 2. The molecule has 1 saturated carbocycles. The van der Waals surface area contributed by atoms with Gasteiger partial charge in [-0.15, -0.1) is 0 Å². The first-order chi connectivity index (χ1) is 17.5. The summed E-state index contributed by atoms with van der Waals surface area (Å²) in [7, 11) is 0. The van der Waals surface area contributed by atoms with Gasteiger partial charge in [-0.3, -0.25) is 19.9 Å². The van der Waals surface area contributed by atoms with E-state index in [1.807, 2.05) is 12.1 Å². The zero-order valence-electron chi connectivity index (χ0n) is 19.5.